The van der Waals surface area contributed by atoms with Crippen molar-refractivity contribution in [3.05, 3.63) is 73.6 Å². The van der Waals surface area contributed by atoms with Crippen molar-refractivity contribution in [3.63, 3.8) is 0 Å². The first-order valence-corrected chi connectivity index (χ1v) is 9.89. The maximum Gasteiger partial charge on any atom is 0.284 e. The van der Waals surface area contributed by atoms with Gasteiger partial charge in [-0.1, -0.05) is 31.2 Å². The lowest BCUT2D eigenvalue weighted by molar-refractivity contribution is -0.385. The van der Waals surface area contributed by atoms with Gasteiger partial charge < -0.3 is 0 Å². The SMILES string of the molecule is CCCN1C(=O)/C(=C\c2ccc(Br)c([N+](=O)[O-])c2)SC1=Nc1ccccc1. The molecule has 2 aromatic carbocycles. The molecular formula is C19H16BrN3O3S. The van der Waals surface area contributed by atoms with Crippen molar-refractivity contribution < 1.29 is 9.72 Å². The summed E-state index contributed by atoms with van der Waals surface area (Å²) < 4.78 is 0.402. The molecule has 0 bridgehead atoms. The van der Waals surface area contributed by atoms with Crippen molar-refractivity contribution >= 4 is 56.2 Å². The van der Waals surface area contributed by atoms with Gasteiger partial charge in [0.05, 0.1) is 20.0 Å². The number of halogens is 1. The van der Waals surface area contributed by atoms with Crippen LogP contribution in [0.2, 0.25) is 0 Å². The molecule has 8 heteroatoms. The largest absolute Gasteiger partial charge is 0.286 e. The summed E-state index contributed by atoms with van der Waals surface area (Å²) in [4.78, 5) is 30.2. The second kappa shape index (κ2) is 8.49. The number of aliphatic imine (C=N–C) groups is 1. The van der Waals surface area contributed by atoms with Crippen molar-refractivity contribution in [1.29, 1.82) is 0 Å². The number of para-hydroxylation sites is 1. The summed E-state index contributed by atoms with van der Waals surface area (Å²) in [6.07, 6.45) is 2.47. The number of benzene rings is 2. The molecule has 0 saturated carbocycles. The molecule has 0 unspecified atom stereocenters. The molecule has 6 nitrogen and oxygen atoms in total. The Bertz CT molecular complexity index is 944. The lowest BCUT2D eigenvalue weighted by atomic mass is 10.2. The number of nitro benzene ring substituents is 1. The molecule has 27 heavy (non-hydrogen) atoms. The van der Waals surface area contributed by atoms with E-state index in [1.807, 2.05) is 37.3 Å². The Morgan fingerprint density at radius 1 is 1.26 bits per heavy atom. The van der Waals surface area contributed by atoms with Gasteiger partial charge in [0.15, 0.2) is 5.17 Å². The average Bonchev–Trinajstić information content (AvgIpc) is 2.93. The normalized spacial score (nSPS) is 17.1. The minimum atomic E-state index is -0.457. The van der Waals surface area contributed by atoms with Crippen LogP contribution in [0.5, 0.6) is 0 Å². The molecule has 0 spiro atoms. The molecule has 1 amide bonds. The molecule has 0 aliphatic carbocycles. The number of carbonyl (C=O) groups excluding carboxylic acids is 1. The monoisotopic (exact) mass is 445 g/mol. The first-order chi connectivity index (χ1) is 13.0. The van der Waals surface area contributed by atoms with Gasteiger partial charge in [0, 0.05) is 12.6 Å². The fourth-order valence-electron chi connectivity index (χ4n) is 2.54. The van der Waals surface area contributed by atoms with Crippen LogP contribution in [-0.2, 0) is 4.79 Å². The average molecular weight is 446 g/mol. The standard InChI is InChI=1S/C19H16BrN3O3S/c1-2-10-22-18(24)17(27-19(22)21-14-6-4-3-5-7-14)12-13-8-9-15(20)16(11-13)23(25)26/h3-9,11-12H,2,10H2,1H3/b17-12+,21-19?. The summed E-state index contributed by atoms with van der Waals surface area (Å²) in [5.74, 6) is -0.137. The lowest BCUT2D eigenvalue weighted by Gasteiger charge is -2.13. The summed E-state index contributed by atoms with van der Waals surface area (Å²) in [6.45, 7) is 2.56. The third-order valence-electron chi connectivity index (χ3n) is 3.78. The number of carbonyl (C=O) groups is 1. The van der Waals surface area contributed by atoms with Gasteiger partial charge in [-0.25, -0.2) is 4.99 Å². The van der Waals surface area contributed by atoms with E-state index in [1.54, 1.807) is 23.1 Å². The summed E-state index contributed by atoms with van der Waals surface area (Å²) in [5, 5.41) is 11.7. The van der Waals surface area contributed by atoms with Gasteiger partial charge in [0.25, 0.3) is 11.6 Å². The first-order valence-electron chi connectivity index (χ1n) is 8.28. The summed E-state index contributed by atoms with van der Waals surface area (Å²) >= 11 is 4.45. The molecule has 1 aliphatic rings. The third kappa shape index (κ3) is 4.45. The molecule has 1 saturated heterocycles. The van der Waals surface area contributed by atoms with Crippen molar-refractivity contribution in [2.75, 3.05) is 6.54 Å². The number of hydrogen-bond acceptors (Lipinski definition) is 5. The second-order valence-electron chi connectivity index (χ2n) is 5.77. The molecule has 0 radical (unpaired) electrons. The Balaban J connectivity index is 1.96. The molecule has 0 atom stereocenters. The van der Waals surface area contributed by atoms with Crippen LogP contribution in [0.1, 0.15) is 18.9 Å². The topological polar surface area (TPSA) is 75.8 Å². The molecule has 3 rings (SSSR count). The van der Waals surface area contributed by atoms with Crippen LogP contribution in [0.4, 0.5) is 11.4 Å². The molecule has 138 valence electrons. The van der Waals surface area contributed by atoms with E-state index in [9.17, 15) is 14.9 Å². The maximum atomic E-state index is 12.8. The molecule has 0 aromatic heterocycles. The van der Waals surface area contributed by atoms with E-state index in [1.165, 1.54) is 17.8 Å². The minimum Gasteiger partial charge on any atom is -0.286 e. The fourth-order valence-corrected chi connectivity index (χ4v) is 3.95. The Hall–Kier alpha value is -2.45. The number of rotatable bonds is 5. The van der Waals surface area contributed by atoms with Gasteiger partial charge in [-0.3, -0.25) is 19.8 Å². The fraction of sp³-hybridized carbons (Fsp3) is 0.158. The highest BCUT2D eigenvalue weighted by Gasteiger charge is 2.32. The van der Waals surface area contributed by atoms with Gasteiger partial charge in [0.1, 0.15) is 0 Å². The van der Waals surface area contributed by atoms with Crippen molar-refractivity contribution in [1.82, 2.24) is 4.90 Å². The van der Waals surface area contributed by atoms with Crippen LogP contribution in [0.25, 0.3) is 6.08 Å². The van der Waals surface area contributed by atoms with E-state index in [0.29, 0.717) is 26.7 Å². The van der Waals surface area contributed by atoms with Crippen LogP contribution in [-0.4, -0.2) is 27.4 Å². The Labute approximate surface area is 169 Å². The molecule has 1 heterocycles. The van der Waals surface area contributed by atoms with Gasteiger partial charge in [-0.15, -0.1) is 0 Å². The highest BCUT2D eigenvalue weighted by Crippen LogP contribution is 2.35. The lowest BCUT2D eigenvalue weighted by Crippen LogP contribution is -2.29. The smallest absolute Gasteiger partial charge is 0.284 e. The summed E-state index contributed by atoms with van der Waals surface area (Å²) in [7, 11) is 0. The number of thioether (sulfide) groups is 1. The third-order valence-corrected chi connectivity index (χ3v) is 5.46. The zero-order valence-corrected chi connectivity index (χ0v) is 16.9. The Kier molecular flexibility index (Phi) is 6.08. The molecular weight excluding hydrogens is 430 g/mol. The minimum absolute atomic E-state index is 0.0385. The van der Waals surface area contributed by atoms with Crippen LogP contribution >= 0.6 is 27.7 Å². The number of amides is 1. The molecule has 1 fully saturated rings. The second-order valence-corrected chi connectivity index (χ2v) is 7.63. The van der Waals surface area contributed by atoms with Gasteiger partial charge in [-0.2, -0.15) is 0 Å². The highest BCUT2D eigenvalue weighted by atomic mass is 79.9. The number of nitro groups is 1. The van der Waals surface area contributed by atoms with Crippen LogP contribution in [0.15, 0.2) is 62.9 Å². The van der Waals surface area contributed by atoms with Crippen LogP contribution in [0.3, 0.4) is 0 Å². The quantitative estimate of drug-likeness (QED) is 0.352. The van der Waals surface area contributed by atoms with E-state index in [0.717, 1.165) is 12.1 Å². The number of hydrogen-bond donors (Lipinski definition) is 0. The van der Waals surface area contributed by atoms with Crippen LogP contribution < -0.4 is 0 Å². The van der Waals surface area contributed by atoms with E-state index < -0.39 is 4.92 Å². The predicted octanol–water partition coefficient (Wildman–Crippen LogP) is 5.37. The summed E-state index contributed by atoms with van der Waals surface area (Å²) in [6, 6.07) is 14.2. The van der Waals surface area contributed by atoms with E-state index in [4.69, 9.17) is 0 Å². The Morgan fingerprint density at radius 3 is 2.67 bits per heavy atom. The van der Waals surface area contributed by atoms with E-state index in [2.05, 4.69) is 20.9 Å². The molecule has 2 aromatic rings. The number of amidine groups is 1. The van der Waals surface area contributed by atoms with Crippen molar-refractivity contribution in [3.8, 4) is 0 Å². The first kappa shape index (κ1) is 19.3. The van der Waals surface area contributed by atoms with Gasteiger partial charge in [-0.05, 0) is 64.0 Å². The van der Waals surface area contributed by atoms with Crippen molar-refractivity contribution in [2.45, 2.75) is 13.3 Å². The van der Waals surface area contributed by atoms with E-state index in [-0.39, 0.29) is 11.6 Å². The van der Waals surface area contributed by atoms with E-state index >= 15 is 0 Å². The number of nitrogens with zero attached hydrogens (tertiary/aromatic N) is 3. The zero-order chi connectivity index (χ0) is 19.4. The van der Waals surface area contributed by atoms with Gasteiger partial charge in [0.2, 0.25) is 0 Å². The summed E-state index contributed by atoms with van der Waals surface area (Å²) in [5.41, 5.74) is 1.33. The van der Waals surface area contributed by atoms with Crippen LogP contribution in [0, 0.1) is 10.1 Å². The van der Waals surface area contributed by atoms with Gasteiger partial charge >= 0.3 is 0 Å². The molecule has 0 N–H and O–H groups in total. The maximum absolute atomic E-state index is 12.8. The molecule has 1 aliphatic heterocycles. The zero-order valence-electron chi connectivity index (χ0n) is 14.5. The predicted molar refractivity (Wildman–Crippen MR) is 112 cm³/mol. The highest BCUT2D eigenvalue weighted by molar-refractivity contribution is 9.10. The Morgan fingerprint density at radius 2 is 2.00 bits per heavy atom. The van der Waals surface area contributed by atoms with Crippen molar-refractivity contribution in [2.24, 2.45) is 4.99 Å².